The highest BCUT2D eigenvalue weighted by Gasteiger charge is 2.24. The first-order valence-electron chi connectivity index (χ1n) is 37.1. The molecule has 0 fully saturated rings. The van der Waals surface area contributed by atoms with E-state index in [-0.39, 0.29) is 19.1 Å². The summed E-state index contributed by atoms with van der Waals surface area (Å²) in [5.41, 5.74) is 0. The molecule has 0 aliphatic heterocycles. The minimum absolute atomic E-state index is 0.00807. The van der Waals surface area contributed by atoms with E-state index in [0.29, 0.717) is 23.9 Å². The number of carbonyl (C=O) groups excluding carboxylic acids is 1. The fourth-order valence-electron chi connectivity index (χ4n) is 10.9. The van der Waals surface area contributed by atoms with Crippen molar-refractivity contribution in [3.05, 3.63) is 97.2 Å². The number of hydrogen-bond donors (Lipinski definition) is 2. The topological polar surface area (TPSA) is 108 Å². The van der Waals surface area contributed by atoms with Crippen LogP contribution in [-0.2, 0) is 18.4 Å². The van der Waals surface area contributed by atoms with E-state index >= 15 is 0 Å². The van der Waals surface area contributed by atoms with Gasteiger partial charge >= 0.3 is 0 Å². The Balaban J connectivity index is 4.05. The first-order valence-corrected chi connectivity index (χ1v) is 38.5. The number of phosphoric acid groups is 1. The summed E-state index contributed by atoms with van der Waals surface area (Å²) in [6.07, 6.45) is 97.8. The van der Waals surface area contributed by atoms with Gasteiger partial charge in [0, 0.05) is 6.42 Å². The molecule has 0 heterocycles. The lowest BCUT2D eigenvalue weighted by Crippen LogP contribution is -2.46. The summed E-state index contributed by atoms with van der Waals surface area (Å²) < 4.78 is 23.6. The van der Waals surface area contributed by atoms with Gasteiger partial charge in [-0.15, -0.1) is 0 Å². The summed E-state index contributed by atoms with van der Waals surface area (Å²) in [7, 11) is 1.30. The monoisotopic (exact) mass is 1240 g/mol. The molecule has 0 saturated heterocycles. The molecule has 1 amide bonds. The van der Waals surface area contributed by atoms with Crippen molar-refractivity contribution in [2.24, 2.45) is 0 Å². The van der Waals surface area contributed by atoms with Crippen molar-refractivity contribution < 1.29 is 32.9 Å². The molecule has 506 valence electrons. The number of rotatable bonds is 68. The smallest absolute Gasteiger partial charge is 0.268 e. The van der Waals surface area contributed by atoms with Gasteiger partial charge in [0.05, 0.1) is 39.9 Å². The number of nitrogens with zero attached hydrogens (tertiary/aromatic N) is 1. The van der Waals surface area contributed by atoms with Crippen molar-refractivity contribution in [1.82, 2.24) is 5.32 Å². The standard InChI is InChI=1S/C78H143N2O6P/c1-6-8-10-12-14-16-18-20-22-24-26-28-30-32-34-36-38-39-40-41-42-44-46-48-50-52-54-56-58-60-62-64-66-68-70-72-78(82)79-76(75-86-87(83,84)85-74-73-80(3,4)5)77(81)71-69-67-65-63-61-59-57-55-53-51-49-47-45-43-37-35-33-31-29-27-25-23-21-19-17-15-13-11-9-7-2/h8,10,14,16,20,22,26,28,32,34,38-39,41-42,46,48,76-77,81H,6-7,9,11-13,15,17-19,21,23-25,27,29-31,33,35-37,40,43-45,47,49-75H2,1-5H3,(H-,79,82,83,84)/b10-8-,16-14-,22-20-,28-26-,34-32-,39-38-,42-41-,48-46-. The second kappa shape index (κ2) is 67.8. The minimum Gasteiger partial charge on any atom is -0.756 e. The Hall–Kier alpha value is -2.58. The maximum absolute atomic E-state index is 13.1. The van der Waals surface area contributed by atoms with Gasteiger partial charge in [0.1, 0.15) is 13.2 Å². The molecule has 8 nitrogen and oxygen atoms in total. The summed E-state index contributed by atoms with van der Waals surface area (Å²) in [6.45, 7) is 4.64. The summed E-state index contributed by atoms with van der Waals surface area (Å²) in [5.74, 6) is -0.168. The molecule has 0 rings (SSSR count). The van der Waals surface area contributed by atoms with E-state index in [4.69, 9.17) is 9.05 Å². The normalized spacial score (nSPS) is 14.1. The number of aliphatic hydroxyl groups is 1. The number of phosphoric ester groups is 1. The van der Waals surface area contributed by atoms with Gasteiger partial charge in [-0.1, -0.05) is 355 Å². The number of unbranched alkanes of at least 4 members (excludes halogenated alkanes) is 39. The number of nitrogens with one attached hydrogen (secondary N) is 1. The average molecular weight is 1240 g/mol. The van der Waals surface area contributed by atoms with E-state index in [1.54, 1.807) is 0 Å². The molecule has 87 heavy (non-hydrogen) atoms. The van der Waals surface area contributed by atoms with E-state index in [9.17, 15) is 19.4 Å². The third kappa shape index (κ3) is 70.7. The Kier molecular flexibility index (Phi) is 65.8. The van der Waals surface area contributed by atoms with Gasteiger partial charge in [0.2, 0.25) is 5.91 Å². The number of allylic oxidation sites excluding steroid dienone is 16. The summed E-state index contributed by atoms with van der Waals surface area (Å²) >= 11 is 0. The Morgan fingerprint density at radius 3 is 1.02 bits per heavy atom. The summed E-state index contributed by atoms with van der Waals surface area (Å²) in [4.78, 5) is 25.7. The first-order chi connectivity index (χ1) is 42.5. The van der Waals surface area contributed by atoms with Crippen molar-refractivity contribution in [1.29, 1.82) is 0 Å². The van der Waals surface area contributed by atoms with Crippen LogP contribution in [0.2, 0.25) is 0 Å². The van der Waals surface area contributed by atoms with E-state index < -0.39 is 20.0 Å². The summed E-state index contributed by atoms with van der Waals surface area (Å²) in [6, 6.07) is -0.811. The van der Waals surface area contributed by atoms with Crippen LogP contribution in [0.15, 0.2) is 97.2 Å². The molecule has 0 aromatic heterocycles. The van der Waals surface area contributed by atoms with Crippen LogP contribution in [0.25, 0.3) is 0 Å². The van der Waals surface area contributed by atoms with Gasteiger partial charge in [0.15, 0.2) is 0 Å². The molecule has 0 saturated carbocycles. The first kappa shape index (κ1) is 84.4. The minimum atomic E-state index is -4.59. The molecular weight excluding hydrogens is 1090 g/mol. The van der Waals surface area contributed by atoms with Gasteiger partial charge in [-0.3, -0.25) is 9.36 Å². The fraction of sp³-hybridized carbons (Fsp3) is 0.782. The predicted molar refractivity (Wildman–Crippen MR) is 380 cm³/mol. The van der Waals surface area contributed by atoms with Gasteiger partial charge < -0.3 is 28.8 Å². The van der Waals surface area contributed by atoms with Crippen LogP contribution in [0, 0.1) is 0 Å². The van der Waals surface area contributed by atoms with Crippen LogP contribution < -0.4 is 10.2 Å². The SMILES string of the molecule is CC/C=C\C/C=C\C/C=C\C/C=C\C/C=C\C/C=C\C/C=C\C/C=C\CCCCCCCCCCCCC(=O)NC(COP(=O)([O-])OCC[N+](C)(C)C)C(O)CCCCCCCCCCCCCCCCCCCCCCCCCCCCCCCC. The number of hydrogen-bond acceptors (Lipinski definition) is 6. The predicted octanol–water partition coefficient (Wildman–Crippen LogP) is 23.4. The summed E-state index contributed by atoms with van der Waals surface area (Å²) in [5, 5.41) is 14.1. The van der Waals surface area contributed by atoms with Crippen LogP contribution in [0.4, 0.5) is 0 Å². The Morgan fingerprint density at radius 2 is 0.701 bits per heavy atom. The highest BCUT2D eigenvalue weighted by molar-refractivity contribution is 7.45. The largest absolute Gasteiger partial charge is 0.756 e. The third-order valence-corrected chi connectivity index (χ3v) is 17.6. The van der Waals surface area contributed by atoms with Gasteiger partial charge in [0.25, 0.3) is 7.82 Å². The average Bonchev–Trinajstić information content (AvgIpc) is 3.70. The van der Waals surface area contributed by atoms with Crippen molar-refractivity contribution >= 4 is 13.7 Å². The Labute approximate surface area is 540 Å². The Bertz CT molecular complexity index is 1740. The molecule has 0 aliphatic carbocycles. The van der Waals surface area contributed by atoms with E-state index in [0.717, 1.165) is 96.3 Å². The van der Waals surface area contributed by atoms with Crippen molar-refractivity contribution in [3.8, 4) is 0 Å². The maximum atomic E-state index is 13.1. The van der Waals surface area contributed by atoms with E-state index in [1.807, 2.05) is 21.1 Å². The van der Waals surface area contributed by atoms with Crippen LogP contribution >= 0.6 is 7.82 Å². The highest BCUT2D eigenvalue weighted by Crippen LogP contribution is 2.38. The number of carbonyl (C=O) groups is 1. The highest BCUT2D eigenvalue weighted by atomic mass is 31.2. The lowest BCUT2D eigenvalue weighted by molar-refractivity contribution is -0.870. The van der Waals surface area contributed by atoms with Gasteiger partial charge in [-0.25, -0.2) is 0 Å². The molecule has 2 N–H and O–H groups in total. The van der Waals surface area contributed by atoms with Gasteiger partial charge in [-0.05, 0) is 77.0 Å². The zero-order valence-electron chi connectivity index (χ0n) is 58.0. The molecule has 9 heteroatoms. The molecular formula is C78H143N2O6P. The molecule has 3 atom stereocenters. The van der Waals surface area contributed by atoms with Crippen molar-refractivity contribution in [2.45, 2.75) is 353 Å². The van der Waals surface area contributed by atoms with Crippen LogP contribution in [0.1, 0.15) is 341 Å². The second-order valence-electron chi connectivity index (χ2n) is 26.3. The van der Waals surface area contributed by atoms with E-state index in [1.165, 1.54) is 218 Å². The van der Waals surface area contributed by atoms with Crippen LogP contribution in [0.5, 0.6) is 0 Å². The maximum Gasteiger partial charge on any atom is 0.268 e. The van der Waals surface area contributed by atoms with Crippen LogP contribution in [0.3, 0.4) is 0 Å². The molecule has 0 aromatic rings. The molecule has 0 radical (unpaired) electrons. The molecule has 0 aliphatic rings. The number of likely N-dealkylation sites (N-methyl/N-ethyl adjacent to an activating group) is 1. The molecule has 0 bridgehead atoms. The Morgan fingerprint density at radius 1 is 0.414 bits per heavy atom. The lowest BCUT2D eigenvalue weighted by Gasteiger charge is -2.30. The molecule has 0 aromatic carbocycles. The quantitative estimate of drug-likeness (QED) is 0.0272. The number of amides is 1. The third-order valence-electron chi connectivity index (χ3n) is 16.6. The van der Waals surface area contributed by atoms with Crippen LogP contribution in [-0.4, -0.2) is 68.5 Å². The molecule has 3 unspecified atom stereocenters. The van der Waals surface area contributed by atoms with E-state index in [2.05, 4.69) is 116 Å². The fourth-order valence-corrected chi connectivity index (χ4v) is 11.6. The second-order valence-corrected chi connectivity index (χ2v) is 27.7. The van der Waals surface area contributed by atoms with Crippen molar-refractivity contribution in [2.75, 3.05) is 40.9 Å². The lowest BCUT2D eigenvalue weighted by atomic mass is 10.0. The molecule has 0 spiro atoms. The van der Waals surface area contributed by atoms with Gasteiger partial charge in [-0.2, -0.15) is 0 Å². The number of aliphatic hydroxyl groups excluding tert-OH is 1. The zero-order valence-corrected chi connectivity index (χ0v) is 58.9. The zero-order chi connectivity index (χ0) is 63.4. The van der Waals surface area contributed by atoms with Crippen molar-refractivity contribution in [3.63, 3.8) is 0 Å². The number of quaternary nitrogens is 1.